The van der Waals surface area contributed by atoms with Crippen LogP contribution in [0.2, 0.25) is 0 Å². The summed E-state index contributed by atoms with van der Waals surface area (Å²) in [6.45, 7) is 6.30. The number of H-pyrrole nitrogens is 1. The van der Waals surface area contributed by atoms with Crippen molar-refractivity contribution >= 4 is 0 Å². The average Bonchev–Trinajstić information content (AvgIpc) is 2.89. The van der Waals surface area contributed by atoms with E-state index in [9.17, 15) is 0 Å². The highest BCUT2D eigenvalue weighted by Gasteiger charge is 2.07. The summed E-state index contributed by atoms with van der Waals surface area (Å²) in [4.78, 5) is 0. The van der Waals surface area contributed by atoms with Crippen LogP contribution in [-0.4, -0.2) is 16.7 Å². The van der Waals surface area contributed by atoms with Crippen LogP contribution in [0.25, 0.3) is 11.3 Å². The molecule has 0 radical (unpaired) electrons. The summed E-state index contributed by atoms with van der Waals surface area (Å²) in [7, 11) is 0. The minimum Gasteiger partial charge on any atom is -0.313 e. The number of rotatable bonds is 7. The van der Waals surface area contributed by atoms with Crippen LogP contribution in [0.15, 0.2) is 30.5 Å². The SMILES string of the molecule is CCCNCc1cn[nH]c1-c1ccc(CCC)cc1. The van der Waals surface area contributed by atoms with Gasteiger partial charge in [0.1, 0.15) is 0 Å². The minimum absolute atomic E-state index is 0.871. The van der Waals surface area contributed by atoms with Crippen LogP contribution in [0, 0.1) is 0 Å². The lowest BCUT2D eigenvalue weighted by molar-refractivity contribution is 0.676. The lowest BCUT2D eigenvalue weighted by atomic mass is 10.0. The molecule has 0 aliphatic heterocycles. The molecule has 2 aromatic rings. The Bertz CT molecular complexity index is 485. The Morgan fingerprint density at radius 3 is 2.58 bits per heavy atom. The van der Waals surface area contributed by atoms with Crippen molar-refractivity contribution in [2.75, 3.05) is 6.54 Å². The van der Waals surface area contributed by atoms with Gasteiger partial charge in [-0.15, -0.1) is 0 Å². The first-order chi connectivity index (χ1) is 9.35. The predicted molar refractivity (Wildman–Crippen MR) is 80.0 cm³/mol. The Hall–Kier alpha value is -1.61. The Kier molecular flexibility index (Phi) is 5.16. The summed E-state index contributed by atoms with van der Waals surface area (Å²) in [5, 5.41) is 10.7. The van der Waals surface area contributed by atoms with Crippen molar-refractivity contribution in [3.8, 4) is 11.3 Å². The van der Waals surface area contributed by atoms with E-state index in [0.29, 0.717) is 0 Å². The zero-order valence-electron chi connectivity index (χ0n) is 11.9. The predicted octanol–water partition coefficient (Wildman–Crippen LogP) is 3.53. The highest BCUT2D eigenvalue weighted by molar-refractivity contribution is 5.62. The zero-order valence-corrected chi connectivity index (χ0v) is 11.9. The van der Waals surface area contributed by atoms with E-state index in [1.54, 1.807) is 0 Å². The molecular weight excluding hydrogens is 234 g/mol. The molecule has 2 rings (SSSR count). The largest absolute Gasteiger partial charge is 0.313 e. The van der Waals surface area contributed by atoms with Crippen molar-refractivity contribution < 1.29 is 0 Å². The third-order valence-corrected chi connectivity index (χ3v) is 3.24. The van der Waals surface area contributed by atoms with E-state index in [-0.39, 0.29) is 0 Å². The summed E-state index contributed by atoms with van der Waals surface area (Å²) in [5.74, 6) is 0. The monoisotopic (exact) mass is 257 g/mol. The van der Waals surface area contributed by atoms with Crippen LogP contribution in [-0.2, 0) is 13.0 Å². The molecule has 1 heterocycles. The van der Waals surface area contributed by atoms with Gasteiger partial charge in [0, 0.05) is 12.1 Å². The van der Waals surface area contributed by atoms with Crippen molar-refractivity contribution in [3.63, 3.8) is 0 Å². The summed E-state index contributed by atoms with van der Waals surface area (Å²) in [6.07, 6.45) is 5.40. The van der Waals surface area contributed by atoms with Crippen molar-refractivity contribution in [3.05, 3.63) is 41.6 Å². The molecule has 1 aromatic carbocycles. The molecule has 0 fully saturated rings. The lowest BCUT2D eigenvalue weighted by Crippen LogP contribution is -2.13. The average molecular weight is 257 g/mol. The van der Waals surface area contributed by atoms with Crippen LogP contribution in [0.4, 0.5) is 0 Å². The van der Waals surface area contributed by atoms with Gasteiger partial charge in [-0.2, -0.15) is 5.10 Å². The molecule has 0 aliphatic rings. The van der Waals surface area contributed by atoms with Gasteiger partial charge in [0.25, 0.3) is 0 Å². The van der Waals surface area contributed by atoms with E-state index in [2.05, 4.69) is 53.6 Å². The Morgan fingerprint density at radius 2 is 1.89 bits per heavy atom. The van der Waals surface area contributed by atoms with Crippen LogP contribution >= 0.6 is 0 Å². The molecule has 1 aromatic heterocycles. The number of aromatic nitrogens is 2. The van der Waals surface area contributed by atoms with E-state index in [1.807, 2.05) is 6.20 Å². The lowest BCUT2D eigenvalue weighted by Gasteiger charge is -2.06. The highest BCUT2D eigenvalue weighted by atomic mass is 15.1. The van der Waals surface area contributed by atoms with E-state index < -0.39 is 0 Å². The first-order valence-corrected chi connectivity index (χ1v) is 7.17. The maximum atomic E-state index is 4.17. The van der Waals surface area contributed by atoms with Gasteiger partial charge in [0.2, 0.25) is 0 Å². The molecule has 102 valence electrons. The van der Waals surface area contributed by atoms with Crippen molar-refractivity contribution in [2.24, 2.45) is 0 Å². The number of nitrogens with zero attached hydrogens (tertiary/aromatic N) is 1. The standard InChI is InChI=1S/C16H23N3/c1-3-5-13-6-8-14(9-7-13)16-15(12-18-19-16)11-17-10-4-2/h6-9,12,17H,3-5,10-11H2,1-2H3,(H,18,19). The van der Waals surface area contributed by atoms with Crippen LogP contribution in [0.5, 0.6) is 0 Å². The first-order valence-electron chi connectivity index (χ1n) is 7.17. The summed E-state index contributed by atoms with van der Waals surface area (Å²) in [5.41, 5.74) is 4.98. The van der Waals surface area contributed by atoms with Crippen LogP contribution < -0.4 is 5.32 Å². The Labute approximate surface area is 115 Å². The van der Waals surface area contributed by atoms with Gasteiger partial charge >= 0.3 is 0 Å². The summed E-state index contributed by atoms with van der Waals surface area (Å²) < 4.78 is 0. The normalized spacial score (nSPS) is 10.8. The van der Waals surface area contributed by atoms with Gasteiger partial charge in [-0.05, 0) is 30.5 Å². The molecule has 0 saturated carbocycles. The topological polar surface area (TPSA) is 40.7 Å². The van der Waals surface area contributed by atoms with Gasteiger partial charge in [0.15, 0.2) is 0 Å². The molecule has 0 saturated heterocycles. The van der Waals surface area contributed by atoms with Crippen molar-refractivity contribution in [1.82, 2.24) is 15.5 Å². The van der Waals surface area contributed by atoms with Crippen molar-refractivity contribution in [1.29, 1.82) is 0 Å². The van der Waals surface area contributed by atoms with Gasteiger partial charge in [-0.3, -0.25) is 5.10 Å². The molecule has 3 nitrogen and oxygen atoms in total. The van der Waals surface area contributed by atoms with E-state index in [1.165, 1.54) is 23.1 Å². The summed E-state index contributed by atoms with van der Waals surface area (Å²) >= 11 is 0. The quantitative estimate of drug-likeness (QED) is 0.745. The first kappa shape index (κ1) is 13.8. The third kappa shape index (κ3) is 3.67. The third-order valence-electron chi connectivity index (χ3n) is 3.24. The maximum absolute atomic E-state index is 4.17. The fourth-order valence-electron chi connectivity index (χ4n) is 2.22. The molecule has 0 aliphatic carbocycles. The van der Waals surface area contributed by atoms with Gasteiger partial charge < -0.3 is 5.32 Å². The summed E-state index contributed by atoms with van der Waals surface area (Å²) in [6, 6.07) is 8.79. The molecule has 0 spiro atoms. The number of benzene rings is 1. The fraction of sp³-hybridized carbons (Fsp3) is 0.438. The van der Waals surface area contributed by atoms with Crippen LogP contribution in [0.1, 0.15) is 37.8 Å². The van der Waals surface area contributed by atoms with E-state index >= 15 is 0 Å². The number of nitrogens with one attached hydrogen (secondary N) is 2. The highest BCUT2D eigenvalue weighted by Crippen LogP contribution is 2.21. The Balaban J connectivity index is 2.10. The van der Waals surface area contributed by atoms with E-state index in [4.69, 9.17) is 0 Å². The maximum Gasteiger partial charge on any atom is 0.0695 e. The Morgan fingerprint density at radius 1 is 1.11 bits per heavy atom. The van der Waals surface area contributed by atoms with Gasteiger partial charge in [-0.1, -0.05) is 44.5 Å². The minimum atomic E-state index is 0.871. The molecule has 2 N–H and O–H groups in total. The zero-order chi connectivity index (χ0) is 13.5. The molecule has 0 unspecified atom stereocenters. The van der Waals surface area contributed by atoms with E-state index in [0.717, 1.165) is 31.6 Å². The second kappa shape index (κ2) is 7.10. The molecule has 0 amide bonds. The number of hydrogen-bond acceptors (Lipinski definition) is 2. The van der Waals surface area contributed by atoms with Gasteiger partial charge in [0.05, 0.1) is 11.9 Å². The number of aromatic amines is 1. The van der Waals surface area contributed by atoms with Gasteiger partial charge in [-0.25, -0.2) is 0 Å². The second-order valence-corrected chi connectivity index (χ2v) is 4.89. The number of hydrogen-bond donors (Lipinski definition) is 2. The molecule has 3 heteroatoms. The molecule has 0 bridgehead atoms. The van der Waals surface area contributed by atoms with Crippen LogP contribution in [0.3, 0.4) is 0 Å². The fourth-order valence-corrected chi connectivity index (χ4v) is 2.22. The molecular formula is C16H23N3. The smallest absolute Gasteiger partial charge is 0.0695 e. The molecule has 19 heavy (non-hydrogen) atoms. The second-order valence-electron chi connectivity index (χ2n) is 4.89. The number of aryl methyl sites for hydroxylation is 1. The molecule has 0 atom stereocenters. The van der Waals surface area contributed by atoms with Crippen molar-refractivity contribution in [2.45, 2.75) is 39.7 Å².